The van der Waals surface area contributed by atoms with Crippen LogP contribution >= 0.6 is 0 Å². The highest BCUT2D eigenvalue weighted by atomic mass is 16.5. The van der Waals surface area contributed by atoms with Gasteiger partial charge in [-0.3, -0.25) is 4.68 Å². The molecule has 6 nitrogen and oxygen atoms in total. The molecule has 0 saturated carbocycles. The van der Waals surface area contributed by atoms with Crippen molar-refractivity contribution in [2.24, 2.45) is 0 Å². The van der Waals surface area contributed by atoms with Crippen LogP contribution in [0.1, 0.15) is 25.8 Å². The lowest BCUT2D eigenvalue weighted by Crippen LogP contribution is -2.50. The van der Waals surface area contributed by atoms with Crippen LogP contribution in [-0.4, -0.2) is 46.0 Å². The van der Waals surface area contributed by atoms with Gasteiger partial charge in [0.2, 0.25) is 0 Å². The van der Waals surface area contributed by atoms with Gasteiger partial charge in [-0.1, -0.05) is 37.3 Å². The lowest BCUT2D eigenvalue weighted by Gasteiger charge is -2.36. The predicted octanol–water partition coefficient (Wildman–Crippen LogP) is 2.96. The van der Waals surface area contributed by atoms with Crippen molar-refractivity contribution >= 4 is 11.7 Å². The molecule has 2 heterocycles. The molecular formula is C18H24N4O2. The van der Waals surface area contributed by atoms with E-state index in [2.05, 4.69) is 29.5 Å². The number of benzene rings is 1. The molecule has 24 heavy (non-hydrogen) atoms. The molecule has 0 spiro atoms. The van der Waals surface area contributed by atoms with Crippen molar-refractivity contribution in [1.82, 2.24) is 14.7 Å². The van der Waals surface area contributed by atoms with E-state index in [1.54, 1.807) is 6.20 Å². The number of nitrogens with zero attached hydrogens (tertiary/aromatic N) is 3. The maximum Gasteiger partial charge on any atom is 0.322 e. The Hall–Kier alpha value is -2.34. The molecule has 1 aliphatic rings. The Bertz CT molecular complexity index is 671. The first kappa shape index (κ1) is 16.5. The van der Waals surface area contributed by atoms with Crippen molar-refractivity contribution in [3.63, 3.8) is 0 Å². The minimum Gasteiger partial charge on any atom is -0.372 e. The van der Waals surface area contributed by atoms with E-state index in [0.29, 0.717) is 25.3 Å². The second kappa shape index (κ2) is 7.49. The van der Waals surface area contributed by atoms with Crippen LogP contribution in [0, 0.1) is 0 Å². The van der Waals surface area contributed by atoms with Crippen molar-refractivity contribution in [2.75, 3.05) is 18.4 Å². The third-order valence-corrected chi connectivity index (χ3v) is 4.14. The van der Waals surface area contributed by atoms with E-state index in [4.69, 9.17) is 4.74 Å². The van der Waals surface area contributed by atoms with Crippen LogP contribution < -0.4 is 5.32 Å². The number of hydrogen-bond donors (Lipinski definition) is 1. The predicted molar refractivity (Wildman–Crippen MR) is 93.0 cm³/mol. The lowest BCUT2D eigenvalue weighted by atomic mass is 10.2. The number of amides is 2. The third kappa shape index (κ3) is 4.14. The Kier molecular flexibility index (Phi) is 5.15. The smallest absolute Gasteiger partial charge is 0.322 e. The van der Waals surface area contributed by atoms with Crippen molar-refractivity contribution in [3.8, 4) is 0 Å². The third-order valence-electron chi connectivity index (χ3n) is 4.14. The molecule has 0 radical (unpaired) electrons. The summed E-state index contributed by atoms with van der Waals surface area (Å²) in [5.74, 6) is 0. The van der Waals surface area contributed by atoms with Crippen LogP contribution in [0.5, 0.6) is 0 Å². The van der Waals surface area contributed by atoms with Gasteiger partial charge in [-0.2, -0.15) is 5.10 Å². The van der Waals surface area contributed by atoms with Crippen molar-refractivity contribution < 1.29 is 9.53 Å². The van der Waals surface area contributed by atoms with E-state index in [1.165, 1.54) is 5.56 Å². The summed E-state index contributed by atoms with van der Waals surface area (Å²) in [7, 11) is 0. The first-order valence-corrected chi connectivity index (χ1v) is 8.42. The lowest BCUT2D eigenvalue weighted by molar-refractivity contribution is -0.0632. The van der Waals surface area contributed by atoms with Gasteiger partial charge in [-0.05, 0) is 18.9 Å². The molecule has 0 unspecified atom stereocenters. The fourth-order valence-electron chi connectivity index (χ4n) is 2.92. The number of urea groups is 1. The average molecular weight is 328 g/mol. The summed E-state index contributed by atoms with van der Waals surface area (Å²) in [4.78, 5) is 14.3. The van der Waals surface area contributed by atoms with Gasteiger partial charge < -0.3 is 15.0 Å². The number of carbonyl (C=O) groups excluding carboxylic acids is 1. The molecule has 2 aromatic rings. The molecule has 3 rings (SSSR count). The fourth-order valence-corrected chi connectivity index (χ4v) is 2.92. The van der Waals surface area contributed by atoms with Crippen LogP contribution in [0.25, 0.3) is 0 Å². The molecule has 1 aromatic carbocycles. The van der Waals surface area contributed by atoms with Crippen molar-refractivity contribution in [1.29, 1.82) is 0 Å². The molecular weight excluding hydrogens is 304 g/mol. The quantitative estimate of drug-likeness (QED) is 0.939. The van der Waals surface area contributed by atoms with Crippen LogP contribution in [0.15, 0.2) is 42.7 Å². The van der Waals surface area contributed by atoms with Crippen LogP contribution in [0.2, 0.25) is 0 Å². The summed E-state index contributed by atoms with van der Waals surface area (Å²) in [6.45, 7) is 6.00. The Morgan fingerprint density at radius 2 is 2.12 bits per heavy atom. The molecule has 2 amide bonds. The standard InChI is InChI=1S/C18H24N4O2/c1-3-17-13-21(10-14(2)24-17)18(23)20-16-9-19-22(12-16)11-15-7-5-4-6-8-15/h4-9,12,14,17H,3,10-11,13H2,1-2H3,(H,20,23)/t14-,17+/m1/s1. The molecule has 128 valence electrons. The Labute approximate surface area is 142 Å². The van der Waals surface area contributed by atoms with Gasteiger partial charge in [0.25, 0.3) is 0 Å². The monoisotopic (exact) mass is 328 g/mol. The summed E-state index contributed by atoms with van der Waals surface area (Å²) in [6.07, 6.45) is 4.62. The van der Waals surface area contributed by atoms with Gasteiger partial charge in [-0.25, -0.2) is 4.79 Å². The van der Waals surface area contributed by atoms with E-state index in [0.717, 1.165) is 6.42 Å². The molecule has 6 heteroatoms. The van der Waals surface area contributed by atoms with E-state index < -0.39 is 0 Å². The minimum atomic E-state index is -0.0946. The number of rotatable bonds is 4. The Morgan fingerprint density at radius 3 is 2.88 bits per heavy atom. The summed E-state index contributed by atoms with van der Waals surface area (Å²) in [6, 6.07) is 10.0. The number of anilines is 1. The molecule has 1 saturated heterocycles. The normalized spacial score (nSPS) is 20.8. The second-order valence-electron chi connectivity index (χ2n) is 6.22. The summed E-state index contributed by atoms with van der Waals surface area (Å²) in [5, 5.41) is 7.25. The number of morpholine rings is 1. The van der Waals surface area contributed by atoms with Gasteiger partial charge in [-0.15, -0.1) is 0 Å². The molecule has 1 N–H and O–H groups in total. The highest BCUT2D eigenvalue weighted by Gasteiger charge is 2.27. The maximum atomic E-state index is 12.5. The maximum absolute atomic E-state index is 12.5. The first-order valence-electron chi connectivity index (χ1n) is 8.42. The molecule has 0 aliphatic carbocycles. The van der Waals surface area contributed by atoms with Gasteiger partial charge in [0.15, 0.2) is 0 Å². The number of hydrogen-bond acceptors (Lipinski definition) is 3. The number of aromatic nitrogens is 2. The van der Waals surface area contributed by atoms with E-state index in [1.807, 2.05) is 40.9 Å². The van der Waals surface area contributed by atoms with E-state index in [-0.39, 0.29) is 18.2 Å². The van der Waals surface area contributed by atoms with Crippen LogP contribution in [0.4, 0.5) is 10.5 Å². The molecule has 2 atom stereocenters. The SMILES string of the molecule is CC[C@H]1CN(C(=O)Nc2cnn(Cc3ccccc3)c2)C[C@@H](C)O1. The first-order chi connectivity index (χ1) is 11.6. The fraction of sp³-hybridized carbons (Fsp3) is 0.444. The van der Waals surface area contributed by atoms with Gasteiger partial charge in [0.1, 0.15) is 0 Å². The Morgan fingerprint density at radius 1 is 1.33 bits per heavy atom. The second-order valence-corrected chi connectivity index (χ2v) is 6.22. The Balaban J connectivity index is 1.59. The van der Waals surface area contributed by atoms with Crippen LogP contribution in [-0.2, 0) is 11.3 Å². The minimum absolute atomic E-state index is 0.0650. The average Bonchev–Trinajstić information content (AvgIpc) is 3.02. The largest absolute Gasteiger partial charge is 0.372 e. The zero-order chi connectivity index (χ0) is 16.9. The summed E-state index contributed by atoms with van der Waals surface area (Å²) < 4.78 is 7.62. The number of carbonyl (C=O) groups is 1. The number of nitrogens with one attached hydrogen (secondary N) is 1. The highest BCUT2D eigenvalue weighted by molar-refractivity contribution is 5.89. The zero-order valence-electron chi connectivity index (χ0n) is 14.2. The van der Waals surface area contributed by atoms with Crippen molar-refractivity contribution in [3.05, 3.63) is 48.3 Å². The molecule has 1 aliphatic heterocycles. The topological polar surface area (TPSA) is 59.4 Å². The number of ether oxygens (including phenoxy) is 1. The van der Waals surface area contributed by atoms with Crippen LogP contribution in [0.3, 0.4) is 0 Å². The summed E-state index contributed by atoms with van der Waals surface area (Å²) in [5.41, 5.74) is 1.88. The van der Waals surface area contributed by atoms with E-state index >= 15 is 0 Å². The zero-order valence-corrected chi connectivity index (χ0v) is 14.2. The molecule has 0 bridgehead atoms. The van der Waals surface area contributed by atoms with Crippen molar-refractivity contribution in [2.45, 2.75) is 39.0 Å². The van der Waals surface area contributed by atoms with E-state index in [9.17, 15) is 4.79 Å². The summed E-state index contributed by atoms with van der Waals surface area (Å²) >= 11 is 0. The highest BCUT2D eigenvalue weighted by Crippen LogP contribution is 2.15. The van der Waals surface area contributed by atoms with Gasteiger partial charge in [0.05, 0.1) is 30.6 Å². The van der Waals surface area contributed by atoms with Gasteiger partial charge in [0, 0.05) is 19.3 Å². The van der Waals surface area contributed by atoms with Gasteiger partial charge >= 0.3 is 6.03 Å². The molecule has 1 aromatic heterocycles. The molecule has 1 fully saturated rings.